The van der Waals surface area contributed by atoms with Crippen molar-refractivity contribution in [2.45, 2.75) is 31.9 Å². The Bertz CT molecular complexity index is 280. The van der Waals surface area contributed by atoms with Crippen LogP contribution in [0.5, 0.6) is 0 Å². The average Bonchev–Trinajstić information content (AvgIpc) is 2.30. The topological polar surface area (TPSA) is 32.3 Å². The van der Waals surface area contributed by atoms with E-state index in [4.69, 9.17) is 5.11 Å². The summed E-state index contributed by atoms with van der Waals surface area (Å²) in [5.74, 6) is 0. The number of piperidine rings is 1. The highest BCUT2D eigenvalue weighted by Gasteiger charge is 2.13. The van der Waals surface area contributed by atoms with Gasteiger partial charge in [-0.1, -0.05) is 30.7 Å². The molecule has 0 aliphatic carbocycles. The van der Waals surface area contributed by atoms with Crippen LogP contribution >= 0.6 is 12.4 Å². The average molecular weight is 228 g/mol. The fourth-order valence-electron chi connectivity index (χ4n) is 1.99. The highest BCUT2D eigenvalue weighted by atomic mass is 35.5. The van der Waals surface area contributed by atoms with Crippen molar-refractivity contribution in [2.24, 2.45) is 0 Å². The molecule has 2 N–H and O–H groups in total. The van der Waals surface area contributed by atoms with Crippen LogP contribution in [0.25, 0.3) is 0 Å². The van der Waals surface area contributed by atoms with E-state index in [0.717, 1.165) is 12.1 Å². The summed E-state index contributed by atoms with van der Waals surface area (Å²) in [6, 6.07) is 8.77. The first-order chi connectivity index (χ1) is 6.90. The molecule has 1 saturated heterocycles. The molecule has 0 amide bonds. The molecule has 1 aliphatic heterocycles. The third kappa shape index (κ3) is 3.20. The van der Waals surface area contributed by atoms with E-state index in [1.54, 1.807) is 0 Å². The monoisotopic (exact) mass is 227 g/mol. The molecule has 0 spiro atoms. The Morgan fingerprint density at radius 1 is 1.20 bits per heavy atom. The minimum absolute atomic E-state index is 0. The summed E-state index contributed by atoms with van der Waals surface area (Å²) in [4.78, 5) is 0. The van der Waals surface area contributed by atoms with E-state index in [2.05, 4.69) is 17.4 Å². The van der Waals surface area contributed by atoms with Crippen LogP contribution in [0.15, 0.2) is 24.3 Å². The predicted octanol–water partition coefficient (Wildman–Crippen LogP) is 2.42. The smallest absolute Gasteiger partial charge is 0.0681 e. The lowest BCUT2D eigenvalue weighted by Crippen LogP contribution is -2.26. The first-order valence-electron chi connectivity index (χ1n) is 5.33. The van der Waals surface area contributed by atoms with Gasteiger partial charge in [0.1, 0.15) is 0 Å². The van der Waals surface area contributed by atoms with Crippen molar-refractivity contribution in [2.75, 3.05) is 6.54 Å². The number of nitrogens with one attached hydrogen (secondary N) is 1. The van der Waals surface area contributed by atoms with Crippen molar-refractivity contribution in [1.82, 2.24) is 5.32 Å². The lowest BCUT2D eigenvalue weighted by Gasteiger charge is -2.23. The zero-order valence-corrected chi connectivity index (χ0v) is 9.59. The standard InChI is InChI=1S/C12H17NO.ClH/c14-9-10-4-6-11(7-5-10)12-3-1-2-8-13-12;/h4-7,12-14H,1-3,8-9H2;1H. The number of hydrogen-bond donors (Lipinski definition) is 2. The molecule has 0 radical (unpaired) electrons. The lowest BCUT2D eigenvalue weighted by molar-refractivity contribution is 0.281. The zero-order chi connectivity index (χ0) is 9.80. The molecule has 2 rings (SSSR count). The summed E-state index contributed by atoms with van der Waals surface area (Å²) in [7, 11) is 0. The van der Waals surface area contributed by atoms with E-state index in [1.807, 2.05) is 12.1 Å². The van der Waals surface area contributed by atoms with Gasteiger partial charge >= 0.3 is 0 Å². The Hall–Kier alpha value is -0.570. The van der Waals surface area contributed by atoms with Crippen LogP contribution in [0.2, 0.25) is 0 Å². The number of halogens is 1. The highest BCUT2D eigenvalue weighted by Crippen LogP contribution is 2.22. The molecule has 0 aromatic heterocycles. The van der Waals surface area contributed by atoms with Gasteiger partial charge in [0.05, 0.1) is 6.61 Å². The fraction of sp³-hybridized carbons (Fsp3) is 0.500. The summed E-state index contributed by atoms with van der Waals surface area (Å²) in [5, 5.41) is 12.4. The minimum Gasteiger partial charge on any atom is -0.392 e. The van der Waals surface area contributed by atoms with Crippen LogP contribution in [-0.4, -0.2) is 11.7 Å². The summed E-state index contributed by atoms with van der Waals surface area (Å²) < 4.78 is 0. The molecule has 84 valence electrons. The summed E-state index contributed by atoms with van der Waals surface area (Å²) in [6.45, 7) is 1.27. The van der Waals surface area contributed by atoms with Crippen LogP contribution in [-0.2, 0) is 6.61 Å². The molecule has 1 aromatic rings. The Morgan fingerprint density at radius 3 is 2.47 bits per heavy atom. The Balaban J connectivity index is 0.00000112. The molecule has 1 aromatic carbocycles. The van der Waals surface area contributed by atoms with Crippen LogP contribution in [0, 0.1) is 0 Å². The van der Waals surface area contributed by atoms with Crippen molar-refractivity contribution in [3.8, 4) is 0 Å². The van der Waals surface area contributed by atoms with Gasteiger partial charge in [0.25, 0.3) is 0 Å². The number of rotatable bonds is 2. The first kappa shape index (κ1) is 12.5. The van der Waals surface area contributed by atoms with Gasteiger partial charge in [-0.25, -0.2) is 0 Å². The van der Waals surface area contributed by atoms with Gasteiger partial charge in [0, 0.05) is 6.04 Å². The normalized spacial score (nSPS) is 20.7. The van der Waals surface area contributed by atoms with Gasteiger partial charge in [0.2, 0.25) is 0 Å². The predicted molar refractivity (Wildman–Crippen MR) is 64.2 cm³/mol. The maximum atomic E-state index is 8.92. The van der Waals surface area contributed by atoms with Gasteiger partial charge < -0.3 is 10.4 Å². The van der Waals surface area contributed by atoms with Crippen molar-refractivity contribution in [1.29, 1.82) is 0 Å². The van der Waals surface area contributed by atoms with Crippen LogP contribution < -0.4 is 5.32 Å². The largest absolute Gasteiger partial charge is 0.392 e. The second-order valence-corrected chi connectivity index (χ2v) is 3.90. The van der Waals surface area contributed by atoms with E-state index in [-0.39, 0.29) is 19.0 Å². The zero-order valence-electron chi connectivity index (χ0n) is 8.78. The molecule has 3 heteroatoms. The first-order valence-corrected chi connectivity index (χ1v) is 5.33. The lowest BCUT2D eigenvalue weighted by atomic mass is 9.97. The highest BCUT2D eigenvalue weighted by molar-refractivity contribution is 5.85. The van der Waals surface area contributed by atoms with Gasteiger partial charge in [-0.2, -0.15) is 0 Å². The summed E-state index contributed by atoms with van der Waals surface area (Å²) >= 11 is 0. The second-order valence-electron chi connectivity index (χ2n) is 3.90. The van der Waals surface area contributed by atoms with E-state index in [0.29, 0.717) is 6.04 Å². The number of benzene rings is 1. The SMILES string of the molecule is Cl.OCc1ccc(C2CCCCN2)cc1. The Morgan fingerprint density at radius 2 is 1.93 bits per heavy atom. The molecule has 1 unspecified atom stereocenters. The maximum absolute atomic E-state index is 8.92. The third-order valence-electron chi connectivity index (χ3n) is 2.87. The van der Waals surface area contributed by atoms with Crippen molar-refractivity contribution >= 4 is 12.4 Å². The van der Waals surface area contributed by atoms with Gasteiger partial charge in [0.15, 0.2) is 0 Å². The van der Waals surface area contributed by atoms with Crippen molar-refractivity contribution in [3.63, 3.8) is 0 Å². The van der Waals surface area contributed by atoms with Gasteiger partial charge in [-0.15, -0.1) is 12.4 Å². The maximum Gasteiger partial charge on any atom is 0.0681 e. The van der Waals surface area contributed by atoms with E-state index in [9.17, 15) is 0 Å². The molecule has 1 heterocycles. The molecule has 1 aliphatic rings. The molecule has 2 nitrogen and oxygen atoms in total. The molecule has 15 heavy (non-hydrogen) atoms. The van der Waals surface area contributed by atoms with Crippen molar-refractivity contribution in [3.05, 3.63) is 35.4 Å². The number of hydrogen-bond acceptors (Lipinski definition) is 2. The Kier molecular flexibility index (Phi) is 5.09. The van der Waals surface area contributed by atoms with Gasteiger partial charge in [-0.05, 0) is 30.5 Å². The van der Waals surface area contributed by atoms with E-state index in [1.165, 1.54) is 24.8 Å². The quantitative estimate of drug-likeness (QED) is 0.814. The molecular formula is C12H18ClNO. The van der Waals surface area contributed by atoms with E-state index < -0.39 is 0 Å². The summed E-state index contributed by atoms with van der Waals surface area (Å²) in [6.07, 6.45) is 3.85. The summed E-state index contributed by atoms with van der Waals surface area (Å²) in [5.41, 5.74) is 2.34. The molecular weight excluding hydrogens is 210 g/mol. The second kappa shape index (κ2) is 6.11. The van der Waals surface area contributed by atoms with E-state index >= 15 is 0 Å². The molecule has 1 atom stereocenters. The van der Waals surface area contributed by atoms with Gasteiger partial charge in [-0.3, -0.25) is 0 Å². The van der Waals surface area contributed by atoms with Crippen LogP contribution in [0.1, 0.15) is 36.4 Å². The van der Waals surface area contributed by atoms with Crippen LogP contribution in [0.3, 0.4) is 0 Å². The Labute approximate surface area is 97.1 Å². The minimum atomic E-state index is 0. The fourth-order valence-corrected chi connectivity index (χ4v) is 1.99. The molecule has 1 fully saturated rings. The third-order valence-corrected chi connectivity index (χ3v) is 2.87. The van der Waals surface area contributed by atoms with Crippen LogP contribution in [0.4, 0.5) is 0 Å². The molecule has 0 saturated carbocycles. The van der Waals surface area contributed by atoms with Crippen molar-refractivity contribution < 1.29 is 5.11 Å². The molecule has 0 bridgehead atoms. The number of aliphatic hydroxyl groups is 1. The number of aliphatic hydroxyl groups excluding tert-OH is 1.